The molecule has 7 nitrogen and oxygen atoms in total. The van der Waals surface area contributed by atoms with Crippen molar-refractivity contribution in [3.63, 3.8) is 0 Å². The van der Waals surface area contributed by atoms with Crippen molar-refractivity contribution in [2.75, 3.05) is 4.31 Å². The number of sulfonamides is 1. The van der Waals surface area contributed by atoms with E-state index < -0.39 is 32.6 Å². The van der Waals surface area contributed by atoms with Crippen molar-refractivity contribution in [1.29, 1.82) is 0 Å². The number of anilines is 1. The van der Waals surface area contributed by atoms with E-state index in [2.05, 4.69) is 9.97 Å². The molecule has 0 N–H and O–H groups in total. The van der Waals surface area contributed by atoms with E-state index in [-0.39, 0.29) is 11.5 Å². The lowest BCUT2D eigenvalue weighted by Crippen LogP contribution is -2.41. The number of amides is 1. The van der Waals surface area contributed by atoms with Crippen LogP contribution in [0.3, 0.4) is 0 Å². The van der Waals surface area contributed by atoms with Crippen molar-refractivity contribution in [2.45, 2.75) is 38.3 Å². The summed E-state index contributed by atoms with van der Waals surface area (Å²) in [7, 11) is -4.41. The molecule has 2 heterocycles. The Morgan fingerprint density at radius 1 is 1.33 bits per heavy atom. The molecule has 130 valence electrons. The predicted octanol–water partition coefficient (Wildman–Crippen LogP) is 3.12. The van der Waals surface area contributed by atoms with E-state index in [4.69, 9.17) is 4.74 Å². The molecule has 0 unspecified atom stereocenters. The van der Waals surface area contributed by atoms with E-state index in [1.54, 1.807) is 20.8 Å². The van der Waals surface area contributed by atoms with Crippen molar-refractivity contribution in [3.05, 3.63) is 34.5 Å². The number of rotatable bonds is 3. The summed E-state index contributed by atoms with van der Waals surface area (Å²) in [5, 5.41) is 0.915. The summed E-state index contributed by atoms with van der Waals surface area (Å²) in [5.74, 6) is -0.760. The minimum Gasteiger partial charge on any atom is -0.443 e. The summed E-state index contributed by atoms with van der Waals surface area (Å²) in [6.07, 6.45) is -1.11. The van der Waals surface area contributed by atoms with Crippen LogP contribution in [0.4, 0.5) is 15.0 Å². The number of carbonyl (C=O) groups is 1. The second-order valence-electron chi connectivity index (χ2n) is 5.81. The molecule has 0 fully saturated rings. The number of aryl methyl sites for hydroxylation is 1. The van der Waals surface area contributed by atoms with Crippen LogP contribution in [-0.4, -0.2) is 30.1 Å². The fourth-order valence-electron chi connectivity index (χ4n) is 1.68. The van der Waals surface area contributed by atoms with Crippen LogP contribution in [0.5, 0.6) is 0 Å². The Kier molecular flexibility index (Phi) is 4.90. The van der Waals surface area contributed by atoms with Crippen LogP contribution >= 0.6 is 11.3 Å². The van der Waals surface area contributed by atoms with Gasteiger partial charge >= 0.3 is 6.09 Å². The molecule has 24 heavy (non-hydrogen) atoms. The molecule has 0 spiro atoms. The first kappa shape index (κ1) is 18.3. The number of halogens is 1. The smallest absolute Gasteiger partial charge is 0.430 e. The van der Waals surface area contributed by atoms with Crippen molar-refractivity contribution in [1.82, 2.24) is 9.97 Å². The average molecular weight is 373 g/mol. The molecule has 2 aromatic rings. The van der Waals surface area contributed by atoms with Gasteiger partial charge in [0.05, 0.1) is 11.2 Å². The summed E-state index contributed by atoms with van der Waals surface area (Å²) < 4.78 is 44.6. The number of ether oxygens (including phenoxy) is 1. The minimum atomic E-state index is -4.41. The van der Waals surface area contributed by atoms with Crippen LogP contribution in [-0.2, 0) is 14.8 Å². The van der Waals surface area contributed by atoms with E-state index in [0.717, 1.165) is 23.5 Å². The van der Waals surface area contributed by atoms with Gasteiger partial charge < -0.3 is 4.74 Å². The Bertz CT molecular complexity index is 845. The third-order valence-electron chi connectivity index (χ3n) is 2.69. The van der Waals surface area contributed by atoms with E-state index in [1.165, 1.54) is 17.8 Å². The van der Waals surface area contributed by atoms with Crippen LogP contribution in [0.25, 0.3) is 0 Å². The van der Waals surface area contributed by atoms with Gasteiger partial charge in [0.15, 0.2) is 10.8 Å². The maximum absolute atomic E-state index is 13.4. The number of aromatic nitrogens is 2. The number of carbonyl (C=O) groups excluding carboxylic acids is 1. The number of thiazole rings is 1. The fourth-order valence-corrected chi connectivity index (χ4v) is 3.53. The quantitative estimate of drug-likeness (QED) is 0.821. The molecule has 1 amide bonds. The molecule has 0 aliphatic carbocycles. The highest BCUT2D eigenvalue weighted by Crippen LogP contribution is 2.25. The molecule has 0 aliphatic heterocycles. The first-order chi connectivity index (χ1) is 11.0. The second-order valence-corrected chi connectivity index (χ2v) is 8.27. The number of hydrogen-bond donors (Lipinski definition) is 0. The van der Waals surface area contributed by atoms with Gasteiger partial charge in [0.2, 0.25) is 0 Å². The second kappa shape index (κ2) is 6.44. The number of pyridine rings is 1. The first-order valence-electron chi connectivity index (χ1n) is 6.82. The molecule has 0 atom stereocenters. The minimum absolute atomic E-state index is 0.0986. The van der Waals surface area contributed by atoms with Gasteiger partial charge in [-0.1, -0.05) is 0 Å². The molecule has 0 bridgehead atoms. The average Bonchev–Trinajstić information content (AvgIpc) is 2.93. The Morgan fingerprint density at radius 3 is 2.50 bits per heavy atom. The topological polar surface area (TPSA) is 89.5 Å². The highest BCUT2D eigenvalue weighted by atomic mass is 32.2. The molecule has 10 heteroatoms. The van der Waals surface area contributed by atoms with Crippen molar-refractivity contribution in [2.24, 2.45) is 0 Å². The van der Waals surface area contributed by atoms with Crippen molar-refractivity contribution >= 4 is 33.3 Å². The van der Waals surface area contributed by atoms with Crippen LogP contribution in [0, 0.1) is 12.7 Å². The summed E-state index contributed by atoms with van der Waals surface area (Å²) in [4.78, 5) is 20.0. The van der Waals surface area contributed by atoms with Gasteiger partial charge in [0.1, 0.15) is 11.4 Å². The van der Waals surface area contributed by atoms with Crippen LogP contribution in [0.15, 0.2) is 28.0 Å². The monoisotopic (exact) mass is 373 g/mol. The zero-order chi connectivity index (χ0) is 18.1. The highest BCUT2D eigenvalue weighted by Gasteiger charge is 2.37. The van der Waals surface area contributed by atoms with Crippen LogP contribution in [0.1, 0.15) is 26.5 Å². The maximum Gasteiger partial charge on any atom is 0.430 e. The highest BCUT2D eigenvalue weighted by molar-refractivity contribution is 7.93. The summed E-state index contributed by atoms with van der Waals surface area (Å²) in [6, 6.07) is 1.96. The molecule has 0 radical (unpaired) electrons. The van der Waals surface area contributed by atoms with Gasteiger partial charge in [-0.15, -0.1) is 15.6 Å². The molecule has 2 aromatic heterocycles. The lowest BCUT2D eigenvalue weighted by molar-refractivity contribution is 0.0608. The lowest BCUT2D eigenvalue weighted by atomic mass is 10.2. The molecular weight excluding hydrogens is 357 g/mol. The Hall–Kier alpha value is -2.07. The molecule has 2 rings (SSSR count). The van der Waals surface area contributed by atoms with E-state index in [9.17, 15) is 17.6 Å². The lowest BCUT2D eigenvalue weighted by Gasteiger charge is -2.25. The van der Waals surface area contributed by atoms with Gasteiger partial charge in [-0.05, 0) is 39.8 Å². The Balaban J connectivity index is 2.53. The number of nitrogens with zero attached hydrogens (tertiary/aromatic N) is 3. The van der Waals surface area contributed by atoms with E-state index >= 15 is 0 Å². The van der Waals surface area contributed by atoms with Gasteiger partial charge in [-0.2, -0.15) is 8.42 Å². The molecule has 0 aliphatic rings. The van der Waals surface area contributed by atoms with Crippen molar-refractivity contribution in [3.8, 4) is 0 Å². The summed E-state index contributed by atoms with van der Waals surface area (Å²) in [6.45, 7) is 6.15. The number of hydrogen-bond acceptors (Lipinski definition) is 7. The molecule has 0 saturated carbocycles. The fraction of sp³-hybridized carbons (Fsp3) is 0.357. The SMILES string of the molecule is Cc1nc(S(=O)(=O)N(C(=O)OC(C)(C)C)c2cscn2)ccc1F. The normalized spacial score (nSPS) is 12.0. The summed E-state index contributed by atoms with van der Waals surface area (Å²) >= 11 is 1.11. The summed E-state index contributed by atoms with van der Waals surface area (Å²) in [5.41, 5.74) is 0.372. The van der Waals surface area contributed by atoms with Gasteiger partial charge in [0.25, 0.3) is 10.0 Å². The van der Waals surface area contributed by atoms with E-state index in [0.29, 0.717) is 4.31 Å². The van der Waals surface area contributed by atoms with E-state index in [1.807, 2.05) is 0 Å². The zero-order valence-electron chi connectivity index (χ0n) is 13.5. The van der Waals surface area contributed by atoms with Gasteiger partial charge in [-0.25, -0.2) is 19.2 Å². The maximum atomic E-state index is 13.4. The first-order valence-corrected chi connectivity index (χ1v) is 9.20. The molecular formula is C14H16FN3O4S2. The molecule has 0 saturated heterocycles. The van der Waals surface area contributed by atoms with Crippen LogP contribution < -0.4 is 4.31 Å². The third-order valence-corrected chi connectivity index (χ3v) is 4.83. The predicted molar refractivity (Wildman–Crippen MR) is 86.9 cm³/mol. The molecule has 0 aromatic carbocycles. The Morgan fingerprint density at radius 2 is 2.00 bits per heavy atom. The van der Waals surface area contributed by atoms with Crippen LogP contribution in [0.2, 0.25) is 0 Å². The standard InChI is InChI=1S/C14H16FN3O4S2/c1-9-10(15)5-6-12(17-9)24(20,21)18(11-7-23-8-16-11)13(19)22-14(2,3)4/h5-8H,1-4H3. The third kappa shape index (κ3) is 3.88. The van der Waals surface area contributed by atoms with Crippen molar-refractivity contribution < 1.29 is 22.3 Å². The zero-order valence-corrected chi connectivity index (χ0v) is 15.1. The van der Waals surface area contributed by atoms with Gasteiger partial charge in [0, 0.05) is 5.38 Å². The Labute approximate surface area is 143 Å². The largest absolute Gasteiger partial charge is 0.443 e. The van der Waals surface area contributed by atoms with Gasteiger partial charge in [-0.3, -0.25) is 0 Å².